The normalized spacial score (nSPS) is 13.9. The van der Waals surface area contributed by atoms with Crippen LogP contribution in [0.4, 0.5) is 0 Å². The highest BCUT2D eigenvalue weighted by Crippen LogP contribution is 2.18. The van der Waals surface area contributed by atoms with Crippen LogP contribution < -0.4 is 27.4 Å². The predicted molar refractivity (Wildman–Crippen MR) is 142 cm³/mol. The number of para-hydroxylation sites is 1. The van der Waals surface area contributed by atoms with Gasteiger partial charge in [0.15, 0.2) is 0 Å². The van der Waals surface area contributed by atoms with Crippen molar-refractivity contribution < 1.29 is 39.0 Å². The SMILES string of the molecule is NC(=O)CC(NC(=O)C(CC(=O)O)NC(=O)C(Cc1cnc[nH]1)NC(=O)C(N)Cc1c[nH]c2ccccc12)C(=O)O. The van der Waals surface area contributed by atoms with Crippen LogP contribution in [0, 0.1) is 0 Å². The summed E-state index contributed by atoms with van der Waals surface area (Å²) in [7, 11) is 0. The summed E-state index contributed by atoms with van der Waals surface area (Å²) < 4.78 is 0. The summed E-state index contributed by atoms with van der Waals surface area (Å²) in [5.41, 5.74) is 13.2. The van der Waals surface area contributed by atoms with E-state index in [0.29, 0.717) is 5.69 Å². The van der Waals surface area contributed by atoms with Crippen LogP contribution in [0.1, 0.15) is 24.1 Å². The first-order chi connectivity index (χ1) is 19.4. The minimum absolute atomic E-state index is 0.127. The van der Waals surface area contributed by atoms with E-state index in [9.17, 15) is 39.0 Å². The molecule has 0 fully saturated rings. The minimum Gasteiger partial charge on any atom is -0.481 e. The van der Waals surface area contributed by atoms with E-state index in [-0.39, 0.29) is 12.8 Å². The molecule has 41 heavy (non-hydrogen) atoms. The number of amides is 4. The molecular weight excluding hydrogens is 540 g/mol. The minimum atomic E-state index is -1.75. The number of hydrogen-bond acceptors (Lipinski definition) is 8. The lowest BCUT2D eigenvalue weighted by Crippen LogP contribution is -2.58. The maximum absolute atomic E-state index is 13.2. The number of benzene rings is 1. The summed E-state index contributed by atoms with van der Waals surface area (Å²) in [4.78, 5) is 82.7. The van der Waals surface area contributed by atoms with Gasteiger partial charge in [0, 0.05) is 35.4 Å². The van der Waals surface area contributed by atoms with Crippen molar-refractivity contribution in [2.75, 3.05) is 0 Å². The van der Waals surface area contributed by atoms with E-state index in [2.05, 4.69) is 25.6 Å². The third-order valence-electron chi connectivity index (χ3n) is 6.10. The molecule has 4 amide bonds. The monoisotopic (exact) mass is 570 g/mol. The number of aliphatic carboxylic acids is 2. The highest BCUT2D eigenvalue weighted by atomic mass is 16.4. The van der Waals surface area contributed by atoms with Gasteiger partial charge in [0.25, 0.3) is 0 Å². The number of fused-ring (bicyclic) bond motifs is 1. The van der Waals surface area contributed by atoms with E-state index in [1.165, 1.54) is 12.5 Å². The number of carbonyl (C=O) groups is 6. The topological polar surface area (TPSA) is 275 Å². The average Bonchev–Trinajstić information content (AvgIpc) is 3.57. The molecule has 0 aliphatic rings. The van der Waals surface area contributed by atoms with Gasteiger partial charge in [-0.25, -0.2) is 9.78 Å². The second-order valence-corrected chi connectivity index (χ2v) is 9.24. The standard InChI is InChI=1S/C25H30N8O8/c26-15(5-12-9-29-16-4-2-1-3-14(12)16)22(37)31-17(6-13-10-28-11-30-13)23(38)32-18(8-21(35)36)24(39)33-19(25(40)41)7-20(27)34/h1-4,9-11,15,17-19,29H,5-8,26H2,(H2,27,34)(H,28,30)(H,31,37)(H,32,38)(H,33,39)(H,35,36)(H,40,41). The Bertz CT molecular complexity index is 1420. The number of nitrogens with zero attached hydrogens (tertiary/aromatic N) is 1. The summed E-state index contributed by atoms with van der Waals surface area (Å²) in [5.74, 6) is -6.93. The molecule has 16 heteroatoms. The quantitative estimate of drug-likeness (QED) is 0.0959. The van der Waals surface area contributed by atoms with Gasteiger partial charge < -0.3 is 47.6 Å². The summed E-state index contributed by atoms with van der Waals surface area (Å²) in [5, 5.41) is 26.2. The number of carboxylic acid groups (broad SMARTS) is 2. The van der Waals surface area contributed by atoms with Crippen LogP contribution in [-0.2, 0) is 41.6 Å². The van der Waals surface area contributed by atoms with Crippen LogP contribution in [0.3, 0.4) is 0 Å². The molecule has 2 aromatic heterocycles. The number of H-pyrrole nitrogens is 2. The maximum atomic E-state index is 13.2. The third kappa shape index (κ3) is 8.62. The lowest BCUT2D eigenvalue weighted by molar-refractivity contribution is -0.144. The largest absolute Gasteiger partial charge is 0.481 e. The van der Waals surface area contributed by atoms with Crippen molar-refractivity contribution in [2.24, 2.45) is 11.5 Å². The van der Waals surface area contributed by atoms with Crippen molar-refractivity contribution in [2.45, 2.75) is 49.9 Å². The second-order valence-electron chi connectivity index (χ2n) is 9.24. The highest BCUT2D eigenvalue weighted by Gasteiger charge is 2.32. The number of nitrogens with one attached hydrogen (secondary N) is 5. The van der Waals surface area contributed by atoms with E-state index in [4.69, 9.17) is 11.5 Å². The number of hydrogen-bond donors (Lipinski definition) is 9. The van der Waals surface area contributed by atoms with Crippen LogP contribution in [0.5, 0.6) is 0 Å². The van der Waals surface area contributed by atoms with Crippen LogP contribution in [-0.4, -0.2) is 84.9 Å². The lowest BCUT2D eigenvalue weighted by atomic mass is 10.0. The third-order valence-corrected chi connectivity index (χ3v) is 6.10. The van der Waals surface area contributed by atoms with Crippen LogP contribution in [0.15, 0.2) is 43.0 Å². The predicted octanol–water partition coefficient (Wildman–Crippen LogP) is -2.11. The summed E-state index contributed by atoms with van der Waals surface area (Å²) >= 11 is 0. The van der Waals surface area contributed by atoms with Gasteiger partial charge >= 0.3 is 11.9 Å². The first-order valence-corrected chi connectivity index (χ1v) is 12.4. The molecule has 4 unspecified atom stereocenters. The van der Waals surface area contributed by atoms with Crippen molar-refractivity contribution in [3.05, 3.63) is 54.2 Å². The van der Waals surface area contributed by atoms with E-state index < -0.39 is 72.6 Å². The summed E-state index contributed by atoms with van der Waals surface area (Å²) in [6, 6.07) is 1.51. The van der Waals surface area contributed by atoms with Crippen LogP contribution >= 0.6 is 0 Å². The Hall–Kier alpha value is -5.25. The molecule has 4 atom stereocenters. The molecule has 218 valence electrons. The molecule has 0 radical (unpaired) electrons. The number of nitrogens with two attached hydrogens (primary N) is 2. The molecule has 3 rings (SSSR count). The Morgan fingerprint density at radius 2 is 1.51 bits per heavy atom. The molecule has 16 nitrogen and oxygen atoms in total. The zero-order valence-electron chi connectivity index (χ0n) is 21.6. The number of aromatic amines is 2. The Balaban J connectivity index is 1.75. The molecule has 2 heterocycles. The molecule has 11 N–H and O–H groups in total. The molecule has 0 saturated heterocycles. The molecule has 0 spiro atoms. The fraction of sp³-hybridized carbons (Fsp3) is 0.320. The van der Waals surface area contributed by atoms with Gasteiger partial charge in [-0.3, -0.25) is 24.0 Å². The van der Waals surface area contributed by atoms with Gasteiger partial charge in [-0.15, -0.1) is 0 Å². The summed E-state index contributed by atoms with van der Waals surface area (Å²) in [6.45, 7) is 0. The van der Waals surface area contributed by atoms with Crippen molar-refractivity contribution in [3.63, 3.8) is 0 Å². The van der Waals surface area contributed by atoms with Gasteiger partial charge in [0.2, 0.25) is 23.6 Å². The fourth-order valence-electron chi connectivity index (χ4n) is 4.06. The highest BCUT2D eigenvalue weighted by molar-refractivity contribution is 5.96. The molecular formula is C25H30N8O8. The average molecular weight is 571 g/mol. The molecule has 3 aromatic rings. The van der Waals surface area contributed by atoms with Crippen LogP contribution in [0.25, 0.3) is 10.9 Å². The smallest absolute Gasteiger partial charge is 0.326 e. The Morgan fingerprint density at radius 3 is 2.15 bits per heavy atom. The Morgan fingerprint density at radius 1 is 0.854 bits per heavy atom. The van der Waals surface area contributed by atoms with Gasteiger partial charge in [-0.2, -0.15) is 0 Å². The Kier molecular flexibility index (Phi) is 10.1. The van der Waals surface area contributed by atoms with Crippen molar-refractivity contribution in [3.8, 4) is 0 Å². The molecule has 1 aromatic carbocycles. The van der Waals surface area contributed by atoms with E-state index in [1.54, 1.807) is 6.20 Å². The number of carbonyl (C=O) groups excluding carboxylic acids is 4. The number of imidazole rings is 1. The van der Waals surface area contributed by atoms with Crippen molar-refractivity contribution in [1.82, 2.24) is 30.9 Å². The number of rotatable bonds is 15. The second kappa shape index (κ2) is 13.7. The first kappa shape index (κ1) is 30.3. The zero-order chi connectivity index (χ0) is 30.1. The molecule has 0 bridgehead atoms. The molecule has 0 aliphatic heterocycles. The zero-order valence-corrected chi connectivity index (χ0v) is 21.6. The first-order valence-electron chi connectivity index (χ1n) is 12.4. The van der Waals surface area contributed by atoms with Gasteiger partial charge in [0.05, 0.1) is 25.2 Å². The summed E-state index contributed by atoms with van der Waals surface area (Å²) in [6.07, 6.45) is 2.80. The molecule has 0 saturated carbocycles. The van der Waals surface area contributed by atoms with Crippen LogP contribution in [0.2, 0.25) is 0 Å². The maximum Gasteiger partial charge on any atom is 0.326 e. The van der Waals surface area contributed by atoms with Crippen molar-refractivity contribution in [1.29, 1.82) is 0 Å². The van der Waals surface area contributed by atoms with Gasteiger partial charge in [-0.1, -0.05) is 18.2 Å². The number of primary amides is 1. The van der Waals surface area contributed by atoms with Crippen molar-refractivity contribution >= 4 is 46.5 Å². The van der Waals surface area contributed by atoms with E-state index >= 15 is 0 Å². The van der Waals surface area contributed by atoms with E-state index in [0.717, 1.165) is 16.5 Å². The fourth-order valence-corrected chi connectivity index (χ4v) is 4.06. The number of carboxylic acids is 2. The van der Waals surface area contributed by atoms with Gasteiger partial charge in [-0.05, 0) is 18.1 Å². The van der Waals surface area contributed by atoms with Gasteiger partial charge in [0.1, 0.15) is 18.1 Å². The molecule has 0 aliphatic carbocycles. The lowest BCUT2D eigenvalue weighted by Gasteiger charge is -2.24. The Labute approximate surface area is 232 Å². The number of aromatic nitrogens is 3. The van der Waals surface area contributed by atoms with E-state index in [1.807, 2.05) is 29.6 Å².